The molecule has 0 unspecified atom stereocenters. The van der Waals surface area contributed by atoms with E-state index >= 15 is 0 Å². The van der Waals surface area contributed by atoms with Crippen LogP contribution in [0.1, 0.15) is 84.0 Å². The summed E-state index contributed by atoms with van der Waals surface area (Å²) >= 11 is 0. The highest BCUT2D eigenvalue weighted by molar-refractivity contribution is 5.86. The molecule has 18 heavy (non-hydrogen) atoms. The molecule has 0 aliphatic heterocycles. The highest BCUT2D eigenvalue weighted by Gasteiger charge is 2.06. The molecule has 0 spiro atoms. The molecule has 1 saturated carbocycles. The van der Waals surface area contributed by atoms with E-state index in [1.54, 1.807) is 0 Å². The summed E-state index contributed by atoms with van der Waals surface area (Å²) in [4.78, 5) is 11.6. The summed E-state index contributed by atoms with van der Waals surface area (Å²) in [6.45, 7) is 2.20. The SMILES string of the molecule is CCCCCCCC(=O)NN=C1CCCCCC1. The van der Waals surface area contributed by atoms with Gasteiger partial charge in [0.05, 0.1) is 0 Å². The van der Waals surface area contributed by atoms with Gasteiger partial charge in [0.25, 0.3) is 0 Å². The van der Waals surface area contributed by atoms with Crippen molar-refractivity contribution in [1.29, 1.82) is 0 Å². The predicted octanol–water partition coefficient (Wildman–Crippen LogP) is 4.17. The van der Waals surface area contributed by atoms with Crippen molar-refractivity contribution in [3.8, 4) is 0 Å². The van der Waals surface area contributed by atoms with Gasteiger partial charge >= 0.3 is 0 Å². The molecule has 1 rings (SSSR count). The molecule has 0 bridgehead atoms. The van der Waals surface area contributed by atoms with Crippen LogP contribution in [-0.4, -0.2) is 11.6 Å². The van der Waals surface area contributed by atoms with E-state index in [1.165, 1.54) is 50.7 Å². The van der Waals surface area contributed by atoms with Crippen LogP contribution in [0.5, 0.6) is 0 Å². The van der Waals surface area contributed by atoms with E-state index in [4.69, 9.17) is 0 Å². The lowest BCUT2D eigenvalue weighted by atomic mass is 10.1. The van der Waals surface area contributed by atoms with Crippen LogP contribution in [0.3, 0.4) is 0 Å². The average molecular weight is 252 g/mol. The summed E-state index contributed by atoms with van der Waals surface area (Å²) in [7, 11) is 0. The Balaban J connectivity index is 2.09. The highest BCUT2D eigenvalue weighted by atomic mass is 16.2. The molecule has 3 nitrogen and oxygen atoms in total. The minimum absolute atomic E-state index is 0.0863. The smallest absolute Gasteiger partial charge is 0.240 e. The first-order valence-electron chi connectivity index (χ1n) is 7.67. The van der Waals surface area contributed by atoms with Gasteiger partial charge < -0.3 is 0 Å². The maximum Gasteiger partial charge on any atom is 0.240 e. The number of unbranched alkanes of at least 4 members (excludes halogenated alkanes) is 4. The molecule has 1 N–H and O–H groups in total. The number of amides is 1. The van der Waals surface area contributed by atoms with Crippen LogP contribution in [0.25, 0.3) is 0 Å². The molecule has 0 heterocycles. The van der Waals surface area contributed by atoms with Crippen LogP contribution in [0.4, 0.5) is 0 Å². The number of nitrogens with one attached hydrogen (secondary N) is 1. The summed E-state index contributed by atoms with van der Waals surface area (Å²) in [5, 5.41) is 4.28. The molecule has 0 aromatic heterocycles. The van der Waals surface area contributed by atoms with Crippen LogP contribution in [0.2, 0.25) is 0 Å². The topological polar surface area (TPSA) is 41.5 Å². The van der Waals surface area contributed by atoms with E-state index in [0.29, 0.717) is 6.42 Å². The molecule has 0 aromatic carbocycles. The van der Waals surface area contributed by atoms with Gasteiger partial charge in [0.2, 0.25) is 5.91 Å². The summed E-state index contributed by atoms with van der Waals surface area (Å²) < 4.78 is 0. The fraction of sp³-hybridized carbons (Fsp3) is 0.867. The number of hydrogen-bond acceptors (Lipinski definition) is 2. The van der Waals surface area contributed by atoms with Crippen LogP contribution in [0, 0.1) is 0 Å². The third-order valence-corrected chi connectivity index (χ3v) is 3.53. The number of carbonyl (C=O) groups excluding carboxylic acids is 1. The van der Waals surface area contributed by atoms with Crippen molar-refractivity contribution in [2.45, 2.75) is 84.0 Å². The van der Waals surface area contributed by atoms with Crippen LogP contribution in [-0.2, 0) is 4.79 Å². The lowest BCUT2D eigenvalue weighted by Crippen LogP contribution is -2.19. The zero-order valence-corrected chi connectivity index (χ0v) is 11.8. The molecule has 1 amide bonds. The minimum Gasteiger partial charge on any atom is -0.273 e. The summed E-state index contributed by atoms with van der Waals surface area (Å²) in [6, 6.07) is 0. The molecular formula is C15H28N2O. The number of nitrogens with zero attached hydrogens (tertiary/aromatic N) is 1. The third-order valence-electron chi connectivity index (χ3n) is 3.53. The monoisotopic (exact) mass is 252 g/mol. The first-order valence-corrected chi connectivity index (χ1v) is 7.67. The molecule has 1 fully saturated rings. The maximum absolute atomic E-state index is 11.6. The second-order valence-electron chi connectivity index (χ2n) is 5.29. The fourth-order valence-electron chi connectivity index (χ4n) is 2.33. The Morgan fingerprint density at radius 2 is 1.72 bits per heavy atom. The van der Waals surface area contributed by atoms with Gasteiger partial charge in [0.15, 0.2) is 0 Å². The fourth-order valence-corrected chi connectivity index (χ4v) is 2.33. The lowest BCUT2D eigenvalue weighted by Gasteiger charge is -2.03. The van der Waals surface area contributed by atoms with Crippen LogP contribution in [0.15, 0.2) is 5.10 Å². The maximum atomic E-state index is 11.6. The van der Waals surface area contributed by atoms with Crippen molar-refractivity contribution in [2.75, 3.05) is 0 Å². The molecule has 0 radical (unpaired) electrons. The molecule has 0 saturated heterocycles. The Morgan fingerprint density at radius 1 is 1.06 bits per heavy atom. The van der Waals surface area contributed by atoms with E-state index in [2.05, 4.69) is 17.5 Å². The van der Waals surface area contributed by atoms with Crippen molar-refractivity contribution in [3.63, 3.8) is 0 Å². The van der Waals surface area contributed by atoms with Gasteiger partial charge in [-0.1, -0.05) is 45.4 Å². The lowest BCUT2D eigenvalue weighted by molar-refractivity contribution is -0.121. The zero-order valence-electron chi connectivity index (χ0n) is 11.8. The average Bonchev–Trinajstić information content (AvgIpc) is 2.64. The van der Waals surface area contributed by atoms with Gasteiger partial charge in [0.1, 0.15) is 0 Å². The van der Waals surface area contributed by atoms with Crippen LogP contribution < -0.4 is 5.43 Å². The van der Waals surface area contributed by atoms with Crippen molar-refractivity contribution in [3.05, 3.63) is 0 Å². The van der Waals surface area contributed by atoms with Crippen molar-refractivity contribution in [2.24, 2.45) is 5.10 Å². The first kappa shape index (κ1) is 15.2. The van der Waals surface area contributed by atoms with E-state index in [1.807, 2.05) is 0 Å². The first-order chi connectivity index (χ1) is 8.83. The second kappa shape index (κ2) is 10.1. The van der Waals surface area contributed by atoms with E-state index in [0.717, 1.165) is 25.7 Å². The van der Waals surface area contributed by atoms with Gasteiger partial charge in [-0.25, -0.2) is 5.43 Å². The number of carbonyl (C=O) groups is 1. The molecule has 104 valence electrons. The Hall–Kier alpha value is -0.860. The van der Waals surface area contributed by atoms with Gasteiger partial charge in [0, 0.05) is 12.1 Å². The summed E-state index contributed by atoms with van der Waals surface area (Å²) in [5.41, 5.74) is 3.91. The molecule has 0 aromatic rings. The molecule has 3 heteroatoms. The van der Waals surface area contributed by atoms with E-state index in [9.17, 15) is 4.79 Å². The predicted molar refractivity (Wildman–Crippen MR) is 76.7 cm³/mol. The van der Waals surface area contributed by atoms with Crippen molar-refractivity contribution in [1.82, 2.24) is 5.43 Å². The molecule has 1 aliphatic rings. The standard InChI is InChI=1S/C15H28N2O/c1-2-3-4-5-10-13-15(18)17-16-14-11-8-6-7-9-12-14/h2-13H2,1H3,(H,17,18). The van der Waals surface area contributed by atoms with Gasteiger partial charge in [-0.15, -0.1) is 0 Å². The van der Waals surface area contributed by atoms with Gasteiger partial charge in [-0.2, -0.15) is 5.10 Å². The molecule has 1 aliphatic carbocycles. The molecule has 0 atom stereocenters. The van der Waals surface area contributed by atoms with Crippen LogP contribution >= 0.6 is 0 Å². The van der Waals surface area contributed by atoms with Gasteiger partial charge in [-0.05, 0) is 32.1 Å². The Bertz CT molecular complexity index is 251. The van der Waals surface area contributed by atoms with Crippen molar-refractivity contribution < 1.29 is 4.79 Å². The normalized spacial score (nSPS) is 16.2. The summed E-state index contributed by atoms with van der Waals surface area (Å²) in [6.07, 6.45) is 13.8. The number of hydrazone groups is 1. The van der Waals surface area contributed by atoms with E-state index < -0.39 is 0 Å². The largest absolute Gasteiger partial charge is 0.273 e. The second-order valence-corrected chi connectivity index (χ2v) is 5.29. The van der Waals surface area contributed by atoms with Crippen molar-refractivity contribution >= 4 is 11.6 Å². The highest BCUT2D eigenvalue weighted by Crippen LogP contribution is 2.14. The van der Waals surface area contributed by atoms with E-state index in [-0.39, 0.29) is 5.91 Å². The Morgan fingerprint density at radius 3 is 2.39 bits per heavy atom. The number of hydrogen-bond donors (Lipinski definition) is 1. The zero-order chi connectivity index (χ0) is 13.1. The quantitative estimate of drug-likeness (QED) is 0.412. The molecular weight excluding hydrogens is 224 g/mol. The Labute approximate surface area is 111 Å². The Kier molecular flexibility index (Phi) is 8.53. The third kappa shape index (κ3) is 7.46. The number of rotatable bonds is 7. The minimum atomic E-state index is 0.0863. The van der Waals surface area contributed by atoms with Gasteiger partial charge in [-0.3, -0.25) is 4.79 Å². The summed E-state index contributed by atoms with van der Waals surface area (Å²) in [5.74, 6) is 0.0863.